The van der Waals surface area contributed by atoms with Crippen molar-refractivity contribution in [2.24, 2.45) is 0 Å². The molecule has 1 aliphatic heterocycles. The molecule has 170 valence electrons. The van der Waals surface area contributed by atoms with Gasteiger partial charge in [-0.15, -0.1) is 0 Å². The molecule has 5 rings (SSSR count). The SMILES string of the molecule is CC#CC(=O)N1CCC(c2cn(-c3ccc(Oc4ccccc4)cc3)c3c(N)n[nH]c(=O)c23)C1. The molecule has 1 saturated heterocycles. The van der Waals surface area contributed by atoms with E-state index in [1.807, 2.05) is 65.4 Å². The van der Waals surface area contributed by atoms with Gasteiger partial charge in [0.15, 0.2) is 5.82 Å². The summed E-state index contributed by atoms with van der Waals surface area (Å²) in [5.41, 5.74) is 8.12. The van der Waals surface area contributed by atoms with Crippen molar-refractivity contribution in [2.45, 2.75) is 19.3 Å². The van der Waals surface area contributed by atoms with E-state index < -0.39 is 0 Å². The van der Waals surface area contributed by atoms with Gasteiger partial charge in [0.05, 0.1) is 5.39 Å². The zero-order chi connectivity index (χ0) is 23.7. The summed E-state index contributed by atoms with van der Waals surface area (Å²) in [6, 6.07) is 17.1. The number of nitrogens with two attached hydrogens (primary N) is 1. The number of hydrogen-bond acceptors (Lipinski definition) is 5. The van der Waals surface area contributed by atoms with Crippen LogP contribution in [0.1, 0.15) is 24.8 Å². The number of H-pyrrole nitrogens is 1. The van der Waals surface area contributed by atoms with Crippen molar-refractivity contribution < 1.29 is 9.53 Å². The first kappa shape index (κ1) is 21.3. The van der Waals surface area contributed by atoms with Gasteiger partial charge in [-0.05, 0) is 61.2 Å². The van der Waals surface area contributed by atoms with Gasteiger partial charge in [-0.2, -0.15) is 5.10 Å². The second kappa shape index (κ2) is 8.79. The number of hydrogen-bond donors (Lipinski definition) is 2. The van der Waals surface area contributed by atoms with Gasteiger partial charge in [-0.1, -0.05) is 24.1 Å². The van der Waals surface area contributed by atoms with Crippen LogP contribution in [0.15, 0.2) is 65.6 Å². The van der Waals surface area contributed by atoms with E-state index >= 15 is 0 Å². The number of nitrogen functional groups attached to an aromatic ring is 1. The average Bonchev–Trinajstić information content (AvgIpc) is 3.49. The molecule has 1 fully saturated rings. The zero-order valence-electron chi connectivity index (χ0n) is 18.6. The smallest absolute Gasteiger partial charge is 0.298 e. The van der Waals surface area contributed by atoms with E-state index in [-0.39, 0.29) is 23.2 Å². The number of carbonyl (C=O) groups excluding carboxylic acids is 1. The van der Waals surface area contributed by atoms with Gasteiger partial charge in [0, 0.05) is 30.9 Å². The van der Waals surface area contributed by atoms with Gasteiger partial charge in [-0.25, -0.2) is 5.10 Å². The molecule has 8 nitrogen and oxygen atoms in total. The first-order chi connectivity index (χ1) is 16.5. The number of fused-ring (bicyclic) bond motifs is 1. The second-order valence-corrected chi connectivity index (χ2v) is 8.14. The summed E-state index contributed by atoms with van der Waals surface area (Å²) in [6.07, 6.45) is 2.66. The maximum Gasteiger partial charge on any atom is 0.298 e. The summed E-state index contributed by atoms with van der Waals surface area (Å²) in [5.74, 6) is 6.72. The fraction of sp³-hybridized carbons (Fsp3) is 0.192. The maximum absolute atomic E-state index is 12.8. The van der Waals surface area contributed by atoms with E-state index in [2.05, 4.69) is 22.0 Å². The number of nitrogens with one attached hydrogen (secondary N) is 1. The highest BCUT2D eigenvalue weighted by Gasteiger charge is 2.30. The van der Waals surface area contributed by atoms with Crippen molar-refractivity contribution in [2.75, 3.05) is 18.8 Å². The molecule has 2 aromatic carbocycles. The van der Waals surface area contributed by atoms with Crippen LogP contribution in [0.25, 0.3) is 16.6 Å². The molecule has 0 spiro atoms. The summed E-state index contributed by atoms with van der Waals surface area (Å²) in [6.45, 7) is 2.73. The average molecular weight is 454 g/mol. The third kappa shape index (κ3) is 3.88. The molecule has 1 aliphatic rings. The third-order valence-corrected chi connectivity index (χ3v) is 6.02. The molecule has 4 aromatic rings. The molecule has 1 amide bonds. The van der Waals surface area contributed by atoms with E-state index in [9.17, 15) is 9.59 Å². The molecule has 1 unspecified atom stereocenters. The Balaban J connectivity index is 1.52. The fourth-order valence-electron chi connectivity index (χ4n) is 4.43. The number of amides is 1. The first-order valence-electron chi connectivity index (χ1n) is 11.0. The molecule has 8 heteroatoms. The minimum absolute atomic E-state index is 0.00468. The number of para-hydroxylation sites is 1. The summed E-state index contributed by atoms with van der Waals surface area (Å²) >= 11 is 0. The summed E-state index contributed by atoms with van der Waals surface area (Å²) in [5, 5.41) is 6.98. The highest BCUT2D eigenvalue weighted by molar-refractivity contribution is 5.94. The molecule has 34 heavy (non-hydrogen) atoms. The van der Waals surface area contributed by atoms with Crippen LogP contribution in [0.3, 0.4) is 0 Å². The number of aromatic nitrogens is 3. The lowest BCUT2D eigenvalue weighted by atomic mass is 9.99. The second-order valence-electron chi connectivity index (χ2n) is 8.14. The largest absolute Gasteiger partial charge is 0.457 e. The molecule has 0 aliphatic carbocycles. The number of anilines is 1. The van der Waals surface area contributed by atoms with Crippen molar-refractivity contribution in [1.82, 2.24) is 19.7 Å². The third-order valence-electron chi connectivity index (χ3n) is 6.02. The Kier molecular flexibility index (Phi) is 5.52. The van der Waals surface area contributed by atoms with E-state index in [1.165, 1.54) is 0 Å². The van der Waals surface area contributed by atoms with Crippen molar-refractivity contribution in [3.05, 3.63) is 76.7 Å². The van der Waals surface area contributed by atoms with Gasteiger partial charge in [-0.3, -0.25) is 9.59 Å². The summed E-state index contributed by atoms with van der Waals surface area (Å²) < 4.78 is 7.77. The Labute approximate surface area is 196 Å². The highest BCUT2D eigenvalue weighted by Crippen LogP contribution is 2.35. The molecule has 3 N–H and O–H groups in total. The van der Waals surface area contributed by atoms with E-state index in [0.717, 1.165) is 23.4 Å². The Morgan fingerprint density at radius 2 is 1.88 bits per heavy atom. The molecule has 3 heterocycles. The first-order valence-corrected chi connectivity index (χ1v) is 11.0. The Bertz CT molecular complexity index is 1480. The van der Waals surface area contributed by atoms with Crippen molar-refractivity contribution in [3.8, 4) is 29.0 Å². The molecule has 2 aromatic heterocycles. The predicted molar refractivity (Wildman–Crippen MR) is 130 cm³/mol. The summed E-state index contributed by atoms with van der Waals surface area (Å²) in [7, 11) is 0. The lowest BCUT2D eigenvalue weighted by Gasteiger charge is -2.12. The van der Waals surface area contributed by atoms with E-state index in [0.29, 0.717) is 29.7 Å². The molecule has 1 atom stereocenters. The highest BCUT2D eigenvalue weighted by atomic mass is 16.5. The number of rotatable bonds is 4. The van der Waals surface area contributed by atoms with E-state index in [4.69, 9.17) is 10.5 Å². The Morgan fingerprint density at radius 1 is 1.15 bits per heavy atom. The minimum Gasteiger partial charge on any atom is -0.457 e. The van der Waals surface area contributed by atoms with Crippen LogP contribution in [0.2, 0.25) is 0 Å². The Morgan fingerprint density at radius 3 is 2.62 bits per heavy atom. The lowest BCUT2D eigenvalue weighted by Crippen LogP contribution is -2.27. The maximum atomic E-state index is 12.8. The van der Waals surface area contributed by atoms with Crippen LogP contribution < -0.4 is 16.0 Å². The van der Waals surface area contributed by atoms with Crippen LogP contribution in [0, 0.1) is 11.8 Å². The minimum atomic E-state index is -0.305. The van der Waals surface area contributed by atoms with Gasteiger partial charge in [0.25, 0.3) is 11.5 Å². The number of ether oxygens (including phenoxy) is 1. The molecular weight excluding hydrogens is 430 g/mol. The number of carbonyl (C=O) groups is 1. The molecule has 0 radical (unpaired) electrons. The number of nitrogens with zero attached hydrogens (tertiary/aromatic N) is 3. The van der Waals surface area contributed by atoms with Crippen LogP contribution in [-0.4, -0.2) is 38.7 Å². The normalized spacial score (nSPS) is 15.2. The quantitative estimate of drug-likeness (QED) is 0.461. The van der Waals surface area contributed by atoms with Gasteiger partial charge in [0.1, 0.15) is 17.0 Å². The van der Waals surface area contributed by atoms with Crippen molar-refractivity contribution in [1.29, 1.82) is 0 Å². The standard InChI is InChI=1S/C26H23N5O3/c1-2-6-22(32)30-14-13-17(15-30)21-16-31(24-23(21)26(33)29-28-25(24)27)18-9-11-20(12-10-18)34-19-7-4-3-5-8-19/h3-5,7-12,16-17H,13-15H2,1H3,(H2,27,28)(H,29,33). The van der Waals surface area contributed by atoms with Crippen LogP contribution in [-0.2, 0) is 4.79 Å². The molecule has 0 bridgehead atoms. The van der Waals surface area contributed by atoms with Crippen molar-refractivity contribution >= 4 is 22.6 Å². The molecular formula is C26H23N5O3. The van der Waals surface area contributed by atoms with Gasteiger partial charge in [0.2, 0.25) is 0 Å². The van der Waals surface area contributed by atoms with Gasteiger partial charge < -0.3 is 19.9 Å². The van der Waals surface area contributed by atoms with Crippen LogP contribution in [0.5, 0.6) is 11.5 Å². The lowest BCUT2D eigenvalue weighted by molar-refractivity contribution is -0.124. The number of likely N-dealkylation sites (tertiary alicyclic amines) is 1. The van der Waals surface area contributed by atoms with Gasteiger partial charge >= 0.3 is 0 Å². The molecule has 0 saturated carbocycles. The Hall–Kier alpha value is -4.51. The summed E-state index contributed by atoms with van der Waals surface area (Å²) in [4.78, 5) is 26.8. The number of aromatic amines is 1. The topological polar surface area (TPSA) is 106 Å². The van der Waals surface area contributed by atoms with Crippen LogP contribution >= 0.6 is 0 Å². The van der Waals surface area contributed by atoms with Crippen molar-refractivity contribution in [3.63, 3.8) is 0 Å². The van der Waals surface area contributed by atoms with Crippen LogP contribution in [0.4, 0.5) is 5.82 Å². The fourth-order valence-corrected chi connectivity index (χ4v) is 4.43. The number of benzene rings is 2. The predicted octanol–water partition coefficient (Wildman–Crippen LogP) is 3.43. The van der Waals surface area contributed by atoms with E-state index in [1.54, 1.807) is 11.8 Å². The monoisotopic (exact) mass is 453 g/mol. The zero-order valence-corrected chi connectivity index (χ0v) is 18.6.